The second-order valence-electron chi connectivity index (χ2n) is 5.81. The Morgan fingerprint density at radius 2 is 1.33 bits per heavy atom. The van der Waals surface area contributed by atoms with Crippen molar-refractivity contribution in [2.75, 3.05) is 19.6 Å². The fourth-order valence-electron chi connectivity index (χ4n) is 2.20. The summed E-state index contributed by atoms with van der Waals surface area (Å²) in [5.41, 5.74) is 0. The lowest BCUT2D eigenvalue weighted by Gasteiger charge is -2.22. The van der Waals surface area contributed by atoms with E-state index in [0.29, 0.717) is 6.54 Å². The normalized spacial score (nSPS) is 12.5. The highest BCUT2D eigenvalue weighted by atomic mass is 16.4. The molecule has 6 N–H and O–H groups in total. The molecule has 0 heterocycles. The second-order valence-corrected chi connectivity index (χ2v) is 5.81. The summed E-state index contributed by atoms with van der Waals surface area (Å²) in [6.07, 6.45) is -0.644. The quantitative estimate of drug-likeness (QED) is 0.194. The van der Waals surface area contributed by atoms with Gasteiger partial charge in [-0.1, -0.05) is 6.92 Å². The largest absolute Gasteiger partial charge is 0.481 e. The highest BCUT2D eigenvalue weighted by molar-refractivity contribution is 5.90. The highest BCUT2D eigenvalue weighted by Gasteiger charge is 2.26. The molecule has 0 spiro atoms. The summed E-state index contributed by atoms with van der Waals surface area (Å²) in [7, 11) is 0. The standard InChI is InChI=1S/C16H28N4O7/c1-3-17-11(4-6-13(22)23)16(27)20-12(5-7-14(24)25)15(26)19-9-8-18-10(2)21/h11-12,17H,3-9H2,1-2H3,(H,18,21)(H,19,26)(H,20,27)(H,22,23)(H,24,25). The zero-order valence-corrected chi connectivity index (χ0v) is 15.5. The van der Waals surface area contributed by atoms with Crippen molar-refractivity contribution in [1.82, 2.24) is 21.3 Å². The molecular weight excluding hydrogens is 360 g/mol. The van der Waals surface area contributed by atoms with Crippen LogP contribution in [0.3, 0.4) is 0 Å². The number of nitrogens with one attached hydrogen (secondary N) is 4. The number of aliphatic carboxylic acids is 2. The van der Waals surface area contributed by atoms with Crippen molar-refractivity contribution in [3.8, 4) is 0 Å². The molecule has 0 rings (SSSR count). The molecular formula is C16H28N4O7. The van der Waals surface area contributed by atoms with E-state index >= 15 is 0 Å². The van der Waals surface area contributed by atoms with Crippen LogP contribution < -0.4 is 21.3 Å². The maximum Gasteiger partial charge on any atom is 0.303 e. The molecule has 0 saturated heterocycles. The minimum absolute atomic E-state index is 0.0325. The molecule has 3 amide bonds. The summed E-state index contributed by atoms with van der Waals surface area (Å²) >= 11 is 0. The van der Waals surface area contributed by atoms with Crippen LogP contribution in [0.5, 0.6) is 0 Å². The molecule has 11 heteroatoms. The Hall–Kier alpha value is -2.69. The summed E-state index contributed by atoms with van der Waals surface area (Å²) in [5, 5.41) is 27.9. The van der Waals surface area contributed by atoms with Gasteiger partial charge in [-0.3, -0.25) is 24.0 Å². The summed E-state index contributed by atoms with van der Waals surface area (Å²) < 4.78 is 0. The Balaban J connectivity index is 4.84. The molecule has 0 aromatic heterocycles. The average molecular weight is 388 g/mol. The molecule has 0 radical (unpaired) electrons. The van der Waals surface area contributed by atoms with Crippen LogP contribution in [0, 0.1) is 0 Å². The number of carboxylic acids is 2. The van der Waals surface area contributed by atoms with Gasteiger partial charge >= 0.3 is 11.9 Å². The van der Waals surface area contributed by atoms with Crippen molar-refractivity contribution in [1.29, 1.82) is 0 Å². The van der Waals surface area contributed by atoms with Crippen molar-refractivity contribution in [3.63, 3.8) is 0 Å². The molecule has 0 fully saturated rings. The Morgan fingerprint density at radius 3 is 1.81 bits per heavy atom. The van der Waals surface area contributed by atoms with Crippen LogP contribution in [-0.4, -0.2) is 71.6 Å². The van der Waals surface area contributed by atoms with Gasteiger partial charge in [0.05, 0.1) is 6.04 Å². The molecule has 0 aliphatic carbocycles. The molecule has 0 aliphatic rings. The monoisotopic (exact) mass is 388 g/mol. The van der Waals surface area contributed by atoms with Gasteiger partial charge in [-0.2, -0.15) is 0 Å². The first-order valence-electron chi connectivity index (χ1n) is 8.66. The minimum atomic E-state index is -1.12. The van der Waals surface area contributed by atoms with Crippen molar-refractivity contribution >= 4 is 29.7 Å². The van der Waals surface area contributed by atoms with E-state index in [-0.39, 0.29) is 44.7 Å². The lowest BCUT2D eigenvalue weighted by atomic mass is 10.1. The minimum Gasteiger partial charge on any atom is -0.481 e. The van der Waals surface area contributed by atoms with Crippen molar-refractivity contribution < 1.29 is 34.2 Å². The maximum atomic E-state index is 12.4. The smallest absolute Gasteiger partial charge is 0.303 e. The van der Waals surface area contributed by atoms with Gasteiger partial charge in [0.25, 0.3) is 0 Å². The van der Waals surface area contributed by atoms with E-state index in [1.165, 1.54) is 6.92 Å². The molecule has 2 atom stereocenters. The third kappa shape index (κ3) is 12.3. The summed E-state index contributed by atoms with van der Waals surface area (Å²) in [4.78, 5) is 56.9. The van der Waals surface area contributed by atoms with E-state index in [1.54, 1.807) is 6.92 Å². The van der Waals surface area contributed by atoms with Crippen molar-refractivity contribution in [2.45, 2.75) is 51.6 Å². The van der Waals surface area contributed by atoms with Crippen LogP contribution in [0.2, 0.25) is 0 Å². The van der Waals surface area contributed by atoms with Crippen molar-refractivity contribution in [3.05, 3.63) is 0 Å². The fraction of sp³-hybridized carbons (Fsp3) is 0.688. The zero-order chi connectivity index (χ0) is 20.8. The second kappa shape index (κ2) is 13.5. The lowest BCUT2D eigenvalue weighted by molar-refractivity contribution is -0.139. The summed E-state index contributed by atoms with van der Waals surface area (Å²) in [6, 6.07) is -1.90. The molecule has 11 nitrogen and oxygen atoms in total. The first-order valence-corrected chi connectivity index (χ1v) is 8.66. The molecule has 27 heavy (non-hydrogen) atoms. The zero-order valence-electron chi connectivity index (χ0n) is 15.5. The van der Waals surface area contributed by atoms with Gasteiger partial charge < -0.3 is 31.5 Å². The number of rotatable bonds is 14. The number of amides is 3. The first-order chi connectivity index (χ1) is 12.7. The number of likely N-dealkylation sites (N-methyl/N-ethyl adjacent to an activating group) is 1. The van der Waals surface area contributed by atoms with Gasteiger partial charge in [0.1, 0.15) is 6.04 Å². The van der Waals surface area contributed by atoms with E-state index in [9.17, 15) is 24.0 Å². The van der Waals surface area contributed by atoms with E-state index in [1.807, 2.05) is 0 Å². The predicted molar refractivity (Wildman–Crippen MR) is 94.8 cm³/mol. The predicted octanol–water partition coefficient (Wildman–Crippen LogP) is -1.57. The molecule has 0 aliphatic heterocycles. The average Bonchev–Trinajstić information content (AvgIpc) is 2.58. The number of carbonyl (C=O) groups excluding carboxylic acids is 3. The third-order valence-electron chi connectivity index (χ3n) is 3.49. The maximum absolute atomic E-state index is 12.4. The number of hydrogen-bond acceptors (Lipinski definition) is 6. The van der Waals surface area contributed by atoms with Crippen molar-refractivity contribution in [2.24, 2.45) is 0 Å². The van der Waals surface area contributed by atoms with Gasteiger partial charge in [0.15, 0.2) is 0 Å². The van der Waals surface area contributed by atoms with E-state index < -0.39 is 35.8 Å². The van der Waals surface area contributed by atoms with E-state index in [2.05, 4.69) is 21.3 Å². The molecule has 0 saturated carbocycles. The van der Waals surface area contributed by atoms with E-state index in [4.69, 9.17) is 10.2 Å². The molecule has 0 aromatic carbocycles. The van der Waals surface area contributed by atoms with Gasteiger partial charge in [-0.05, 0) is 19.4 Å². The lowest BCUT2D eigenvalue weighted by Crippen LogP contribution is -2.53. The van der Waals surface area contributed by atoms with Gasteiger partial charge in [-0.25, -0.2) is 0 Å². The molecule has 0 bridgehead atoms. The highest BCUT2D eigenvalue weighted by Crippen LogP contribution is 2.03. The molecule has 0 aromatic rings. The number of carbonyl (C=O) groups is 5. The first kappa shape index (κ1) is 24.3. The van der Waals surface area contributed by atoms with E-state index in [0.717, 1.165) is 0 Å². The van der Waals surface area contributed by atoms with Crippen LogP contribution in [0.1, 0.15) is 39.5 Å². The SMILES string of the molecule is CCNC(CCC(=O)O)C(=O)NC(CCC(=O)O)C(=O)NCCNC(C)=O. The Kier molecular flexibility index (Phi) is 12.2. The fourth-order valence-corrected chi connectivity index (χ4v) is 2.20. The van der Waals surface area contributed by atoms with Gasteiger partial charge in [-0.15, -0.1) is 0 Å². The summed E-state index contributed by atoms with van der Waals surface area (Å²) in [6.45, 7) is 3.81. The third-order valence-corrected chi connectivity index (χ3v) is 3.49. The Morgan fingerprint density at radius 1 is 0.815 bits per heavy atom. The van der Waals surface area contributed by atoms with Crippen LogP contribution in [0.25, 0.3) is 0 Å². The van der Waals surface area contributed by atoms with Gasteiger partial charge in [0.2, 0.25) is 17.7 Å². The van der Waals surface area contributed by atoms with Crippen LogP contribution in [0.15, 0.2) is 0 Å². The molecule has 2 unspecified atom stereocenters. The Bertz CT molecular complexity index is 539. The topological polar surface area (TPSA) is 174 Å². The Labute approximate surface area is 157 Å². The van der Waals surface area contributed by atoms with Gasteiger partial charge in [0, 0.05) is 32.9 Å². The van der Waals surface area contributed by atoms with Crippen LogP contribution >= 0.6 is 0 Å². The number of hydrogen-bond donors (Lipinski definition) is 6. The number of carboxylic acid groups (broad SMARTS) is 2. The molecule has 154 valence electrons. The van der Waals surface area contributed by atoms with Crippen LogP contribution in [0.4, 0.5) is 0 Å². The summed E-state index contributed by atoms with van der Waals surface area (Å²) in [5.74, 6) is -3.58. The van der Waals surface area contributed by atoms with Crippen LogP contribution in [-0.2, 0) is 24.0 Å².